The lowest BCUT2D eigenvalue weighted by Gasteiger charge is -2.44. The lowest BCUT2D eigenvalue weighted by atomic mass is 9.96. The largest absolute Gasteiger partial charge is 0.491 e. The summed E-state index contributed by atoms with van der Waals surface area (Å²) in [4.78, 5) is 57.2. The summed E-state index contributed by atoms with van der Waals surface area (Å²) in [6, 6.07) is 4.62. The number of carbonyl (C=O) groups is 4. The minimum Gasteiger partial charge on any atom is -0.491 e. The summed E-state index contributed by atoms with van der Waals surface area (Å²) in [5, 5.41) is 13.3. The Morgan fingerprint density at radius 2 is 1.40 bits per heavy atom. The quantitative estimate of drug-likeness (QED) is 0.0861. The minimum atomic E-state index is -1.21. The molecule has 1 amide bonds. The van der Waals surface area contributed by atoms with E-state index in [0.29, 0.717) is 5.75 Å². The number of benzene rings is 1. The van der Waals surface area contributed by atoms with Gasteiger partial charge in [0.2, 0.25) is 5.91 Å². The van der Waals surface area contributed by atoms with E-state index in [4.69, 9.17) is 37.9 Å². The number of rotatable bonds is 17. The third kappa shape index (κ3) is 12.3. The highest BCUT2D eigenvalue weighted by atomic mass is 16.7. The molecule has 16 nitrogen and oxygen atoms in total. The number of carbonyl (C=O) groups excluding carboxylic acids is 4. The molecule has 42 heavy (non-hydrogen) atoms. The predicted molar refractivity (Wildman–Crippen MR) is 140 cm³/mol. The number of hydrogen-bond acceptors (Lipinski definition) is 14. The van der Waals surface area contributed by atoms with Gasteiger partial charge in [0.15, 0.2) is 18.5 Å². The Morgan fingerprint density at radius 3 is 1.95 bits per heavy atom. The van der Waals surface area contributed by atoms with Crippen LogP contribution < -0.4 is 10.1 Å². The molecule has 2 rings (SSSR count). The number of nitro groups is 1. The first-order chi connectivity index (χ1) is 20.0. The van der Waals surface area contributed by atoms with Crippen molar-refractivity contribution in [2.24, 2.45) is 0 Å². The van der Waals surface area contributed by atoms with Crippen molar-refractivity contribution < 1.29 is 62.0 Å². The first-order valence-electron chi connectivity index (χ1n) is 13.0. The van der Waals surface area contributed by atoms with Crippen molar-refractivity contribution in [1.29, 1.82) is 0 Å². The van der Waals surface area contributed by atoms with Gasteiger partial charge in [-0.15, -0.1) is 0 Å². The number of nitro benzene ring substituents is 1. The van der Waals surface area contributed by atoms with Gasteiger partial charge in [0, 0.05) is 39.8 Å². The number of ether oxygens (including phenoxy) is 8. The highest BCUT2D eigenvalue weighted by molar-refractivity contribution is 5.73. The topological polar surface area (TPSA) is 197 Å². The molecule has 0 aromatic heterocycles. The van der Waals surface area contributed by atoms with E-state index in [2.05, 4.69) is 5.32 Å². The van der Waals surface area contributed by atoms with Crippen molar-refractivity contribution in [3.8, 4) is 5.75 Å². The van der Waals surface area contributed by atoms with Crippen molar-refractivity contribution in [3.63, 3.8) is 0 Å². The van der Waals surface area contributed by atoms with Gasteiger partial charge in [-0.3, -0.25) is 29.3 Å². The molecule has 0 radical (unpaired) electrons. The van der Waals surface area contributed by atoms with E-state index in [-0.39, 0.29) is 51.9 Å². The number of non-ortho nitro benzene ring substituents is 1. The summed E-state index contributed by atoms with van der Waals surface area (Å²) in [5.74, 6) is -2.03. The van der Waals surface area contributed by atoms with Crippen LogP contribution in [-0.2, 0) is 52.3 Å². The van der Waals surface area contributed by atoms with E-state index in [1.807, 2.05) is 0 Å². The van der Waals surface area contributed by atoms with Gasteiger partial charge in [0.05, 0.1) is 38.0 Å². The van der Waals surface area contributed by atoms with Crippen molar-refractivity contribution in [2.75, 3.05) is 46.2 Å². The van der Waals surface area contributed by atoms with Gasteiger partial charge in [-0.1, -0.05) is 0 Å². The monoisotopic (exact) mass is 600 g/mol. The first kappa shape index (κ1) is 34.3. The zero-order valence-corrected chi connectivity index (χ0v) is 23.8. The third-order valence-corrected chi connectivity index (χ3v) is 5.50. The van der Waals surface area contributed by atoms with Gasteiger partial charge >= 0.3 is 17.9 Å². The van der Waals surface area contributed by atoms with Crippen LogP contribution in [0.1, 0.15) is 27.7 Å². The molecule has 1 aromatic carbocycles. The summed E-state index contributed by atoms with van der Waals surface area (Å²) in [5.41, 5.74) is -0.0300. The highest BCUT2D eigenvalue weighted by Crippen LogP contribution is 2.28. The second-order valence-corrected chi connectivity index (χ2v) is 8.91. The molecule has 234 valence electrons. The molecule has 1 aliphatic rings. The Morgan fingerprint density at radius 1 is 0.833 bits per heavy atom. The van der Waals surface area contributed by atoms with Crippen LogP contribution in [0.4, 0.5) is 5.69 Å². The molecule has 1 heterocycles. The summed E-state index contributed by atoms with van der Waals surface area (Å²) in [7, 11) is 0. The fourth-order valence-corrected chi connectivity index (χ4v) is 3.86. The van der Waals surface area contributed by atoms with Gasteiger partial charge < -0.3 is 43.2 Å². The van der Waals surface area contributed by atoms with Crippen LogP contribution in [0, 0.1) is 10.1 Å². The maximum atomic E-state index is 11.9. The molecule has 0 bridgehead atoms. The minimum absolute atomic E-state index is 0.00465. The van der Waals surface area contributed by atoms with E-state index >= 15 is 0 Å². The van der Waals surface area contributed by atoms with Gasteiger partial charge in [0.1, 0.15) is 31.1 Å². The van der Waals surface area contributed by atoms with Gasteiger partial charge in [-0.25, -0.2) is 0 Å². The fraction of sp³-hybridized carbons (Fsp3) is 0.615. The molecular formula is C26H36N2O14. The number of amides is 1. The van der Waals surface area contributed by atoms with Crippen LogP contribution >= 0.6 is 0 Å². The standard InChI is InChI=1S/C26H36N2O14/c1-16(29)27-23-25(41-19(4)32)24(40-18(3)31)22(15-39-17(2)30)42-26(23)38-14-12-36-10-9-35-11-13-37-21-7-5-20(6-8-21)28(33)34/h5-8,22-26H,9-15H2,1-4H3,(H,27,29)/t22?,23?,24-,25+,26+/m0/s1. The summed E-state index contributed by atoms with van der Waals surface area (Å²) < 4.78 is 43.8. The molecule has 2 unspecified atom stereocenters. The molecule has 0 saturated carbocycles. The number of nitrogens with one attached hydrogen (secondary N) is 1. The molecule has 16 heteroatoms. The van der Waals surface area contributed by atoms with Gasteiger partial charge in [-0.05, 0) is 12.1 Å². The molecule has 1 fully saturated rings. The van der Waals surface area contributed by atoms with Crippen molar-refractivity contribution in [1.82, 2.24) is 5.32 Å². The van der Waals surface area contributed by atoms with E-state index in [0.717, 1.165) is 13.8 Å². The molecule has 1 saturated heterocycles. The zero-order valence-electron chi connectivity index (χ0n) is 23.8. The average Bonchev–Trinajstić information content (AvgIpc) is 2.91. The number of esters is 3. The Balaban J connectivity index is 1.84. The molecule has 0 spiro atoms. The highest BCUT2D eigenvalue weighted by Gasteiger charge is 2.51. The maximum absolute atomic E-state index is 11.9. The Hall–Kier alpha value is -3.86. The van der Waals surface area contributed by atoms with E-state index in [1.54, 1.807) is 0 Å². The SMILES string of the molecule is CC(=O)NC1[C@H](OCCOCCOCCOc2ccc([N+](=O)[O-])cc2)OC(COC(C)=O)[C@H](OC(C)=O)[C@@H]1OC(C)=O. The van der Waals surface area contributed by atoms with Crippen LogP contribution in [-0.4, -0.2) is 106 Å². The Kier molecular flexibility index (Phi) is 14.6. The van der Waals surface area contributed by atoms with Crippen LogP contribution in [0.2, 0.25) is 0 Å². The third-order valence-electron chi connectivity index (χ3n) is 5.50. The van der Waals surface area contributed by atoms with Crippen molar-refractivity contribution >= 4 is 29.5 Å². The maximum Gasteiger partial charge on any atom is 0.303 e. The van der Waals surface area contributed by atoms with Crippen LogP contribution in [0.3, 0.4) is 0 Å². The van der Waals surface area contributed by atoms with Crippen LogP contribution in [0.5, 0.6) is 5.75 Å². The van der Waals surface area contributed by atoms with Crippen LogP contribution in [0.25, 0.3) is 0 Å². The summed E-state index contributed by atoms with van der Waals surface area (Å²) in [6.45, 7) is 5.47. The smallest absolute Gasteiger partial charge is 0.303 e. The Labute approximate surface area is 241 Å². The van der Waals surface area contributed by atoms with Crippen molar-refractivity contribution in [2.45, 2.75) is 58.3 Å². The molecule has 1 aliphatic heterocycles. The van der Waals surface area contributed by atoms with E-state index < -0.39 is 59.4 Å². The number of hydrogen-bond donors (Lipinski definition) is 1. The summed E-state index contributed by atoms with van der Waals surface area (Å²) in [6.07, 6.45) is -4.67. The fourth-order valence-electron chi connectivity index (χ4n) is 3.86. The molecule has 1 aromatic rings. The van der Waals surface area contributed by atoms with Crippen LogP contribution in [0.15, 0.2) is 24.3 Å². The molecular weight excluding hydrogens is 564 g/mol. The molecule has 0 aliphatic carbocycles. The predicted octanol–water partition coefficient (Wildman–Crippen LogP) is 0.680. The average molecular weight is 601 g/mol. The zero-order chi connectivity index (χ0) is 31.1. The van der Waals surface area contributed by atoms with E-state index in [9.17, 15) is 29.3 Å². The second kappa shape index (κ2) is 17.8. The first-order valence-corrected chi connectivity index (χ1v) is 13.0. The van der Waals surface area contributed by atoms with Gasteiger partial charge in [0.25, 0.3) is 5.69 Å². The molecule has 5 atom stereocenters. The summed E-state index contributed by atoms with van der Waals surface area (Å²) >= 11 is 0. The lowest BCUT2D eigenvalue weighted by Crippen LogP contribution is -2.66. The van der Waals surface area contributed by atoms with E-state index in [1.165, 1.54) is 38.1 Å². The Bertz CT molecular complexity index is 1050. The normalized spacial score (nSPS) is 21.6. The van der Waals surface area contributed by atoms with Gasteiger partial charge in [-0.2, -0.15) is 0 Å². The second-order valence-electron chi connectivity index (χ2n) is 8.91. The van der Waals surface area contributed by atoms with Crippen molar-refractivity contribution in [3.05, 3.63) is 34.4 Å². The lowest BCUT2D eigenvalue weighted by molar-refractivity contribution is -0.384. The number of nitrogens with zero attached hydrogens (tertiary/aromatic N) is 1. The molecule has 1 N–H and O–H groups in total.